The molecule has 23 heavy (non-hydrogen) atoms. The molecule has 1 unspecified atom stereocenters. The van der Waals surface area contributed by atoms with Gasteiger partial charge in [-0.2, -0.15) is 0 Å². The Hall–Kier alpha value is -1.88. The van der Waals surface area contributed by atoms with E-state index < -0.39 is 6.03 Å². The average molecular weight is 319 g/mol. The molecule has 3 amide bonds. The Morgan fingerprint density at radius 1 is 1.04 bits per heavy atom. The van der Waals surface area contributed by atoms with Crippen molar-refractivity contribution in [3.05, 3.63) is 35.4 Å². The summed E-state index contributed by atoms with van der Waals surface area (Å²) >= 11 is 0. The molecular formula is C18H29N3O2. The molecule has 5 heteroatoms. The zero-order valence-corrected chi connectivity index (χ0v) is 14.8. The van der Waals surface area contributed by atoms with E-state index in [-0.39, 0.29) is 18.5 Å². The third kappa shape index (κ3) is 6.82. The Kier molecular flexibility index (Phi) is 7.75. The molecule has 1 atom stereocenters. The lowest BCUT2D eigenvalue weighted by atomic mass is 9.94. The first kappa shape index (κ1) is 19.2. The topological polar surface area (TPSA) is 70.2 Å². The van der Waals surface area contributed by atoms with Crippen LogP contribution in [0.2, 0.25) is 0 Å². The molecule has 0 aliphatic rings. The highest BCUT2D eigenvalue weighted by Gasteiger charge is 2.17. The minimum atomic E-state index is -0.490. The lowest BCUT2D eigenvalue weighted by molar-refractivity contribution is -0.119. The molecule has 0 fully saturated rings. The van der Waals surface area contributed by atoms with Gasteiger partial charge in [0.05, 0.1) is 6.54 Å². The summed E-state index contributed by atoms with van der Waals surface area (Å²) in [5.74, 6) is 0.624. The van der Waals surface area contributed by atoms with E-state index in [1.54, 1.807) is 0 Å². The van der Waals surface area contributed by atoms with Gasteiger partial charge >= 0.3 is 6.03 Å². The fourth-order valence-electron chi connectivity index (χ4n) is 2.51. The van der Waals surface area contributed by atoms with E-state index in [4.69, 9.17) is 0 Å². The Labute approximate surface area is 139 Å². The van der Waals surface area contributed by atoms with Crippen molar-refractivity contribution in [2.75, 3.05) is 13.6 Å². The third-order valence-corrected chi connectivity index (χ3v) is 3.61. The normalized spacial score (nSPS) is 12.3. The van der Waals surface area contributed by atoms with E-state index in [2.05, 4.69) is 67.9 Å². The number of benzene rings is 1. The zero-order chi connectivity index (χ0) is 17.4. The van der Waals surface area contributed by atoms with E-state index in [9.17, 15) is 9.59 Å². The second-order valence-corrected chi connectivity index (χ2v) is 6.57. The molecule has 0 heterocycles. The number of carbonyl (C=O) groups excluding carboxylic acids is 2. The minimum absolute atomic E-state index is 0.0681. The van der Waals surface area contributed by atoms with Gasteiger partial charge in [-0.3, -0.25) is 10.1 Å². The molecule has 1 rings (SSSR count). The predicted octanol–water partition coefficient (Wildman–Crippen LogP) is 2.63. The first-order chi connectivity index (χ1) is 10.8. The Morgan fingerprint density at radius 2 is 1.65 bits per heavy atom. The van der Waals surface area contributed by atoms with Crippen molar-refractivity contribution in [2.45, 2.75) is 40.2 Å². The molecule has 3 N–H and O–H groups in total. The number of amides is 3. The zero-order valence-electron chi connectivity index (χ0n) is 14.8. The SMILES string of the molecule is CNC(=O)NC(=O)CNC(c1ccc(CC(C)C)cc1)C(C)C. The standard InChI is InChI=1S/C18H29N3O2/c1-12(2)10-14-6-8-15(9-7-14)17(13(3)4)20-11-16(22)21-18(23)19-5/h6-9,12-13,17,20H,10-11H2,1-5H3,(H2,19,21,22,23). The quantitative estimate of drug-likeness (QED) is 0.723. The van der Waals surface area contributed by atoms with Crippen molar-refractivity contribution in [2.24, 2.45) is 11.8 Å². The Bertz CT molecular complexity index is 510. The van der Waals surface area contributed by atoms with Crippen molar-refractivity contribution >= 4 is 11.9 Å². The molecular weight excluding hydrogens is 290 g/mol. The highest BCUT2D eigenvalue weighted by Crippen LogP contribution is 2.22. The lowest BCUT2D eigenvalue weighted by Crippen LogP contribution is -2.43. The van der Waals surface area contributed by atoms with E-state index in [1.807, 2.05) is 0 Å². The summed E-state index contributed by atoms with van der Waals surface area (Å²) in [4.78, 5) is 22.8. The van der Waals surface area contributed by atoms with Crippen LogP contribution in [0.3, 0.4) is 0 Å². The summed E-state index contributed by atoms with van der Waals surface area (Å²) in [7, 11) is 1.48. The molecule has 0 radical (unpaired) electrons. The predicted molar refractivity (Wildman–Crippen MR) is 93.2 cm³/mol. The van der Waals surface area contributed by atoms with Crippen molar-refractivity contribution in [1.82, 2.24) is 16.0 Å². The average Bonchev–Trinajstić information content (AvgIpc) is 2.48. The molecule has 0 bridgehead atoms. The van der Waals surface area contributed by atoms with Gasteiger partial charge in [0.1, 0.15) is 0 Å². The summed E-state index contributed by atoms with van der Waals surface area (Å²) in [6.07, 6.45) is 1.06. The maximum Gasteiger partial charge on any atom is 0.321 e. The molecule has 0 spiro atoms. The number of carbonyl (C=O) groups is 2. The van der Waals surface area contributed by atoms with Crippen molar-refractivity contribution in [1.29, 1.82) is 0 Å². The number of urea groups is 1. The molecule has 0 aliphatic carbocycles. The minimum Gasteiger partial charge on any atom is -0.341 e. The molecule has 1 aromatic rings. The van der Waals surface area contributed by atoms with Crippen molar-refractivity contribution < 1.29 is 9.59 Å². The van der Waals surface area contributed by atoms with E-state index in [0.717, 1.165) is 12.0 Å². The molecule has 1 aromatic carbocycles. The first-order valence-corrected chi connectivity index (χ1v) is 8.17. The van der Waals surface area contributed by atoms with Crippen LogP contribution in [0.1, 0.15) is 44.9 Å². The van der Waals surface area contributed by atoms with Gasteiger partial charge in [-0.05, 0) is 29.4 Å². The fourth-order valence-corrected chi connectivity index (χ4v) is 2.51. The molecule has 0 saturated heterocycles. The molecule has 0 aromatic heterocycles. The van der Waals surface area contributed by atoms with E-state index in [1.165, 1.54) is 12.6 Å². The molecule has 5 nitrogen and oxygen atoms in total. The molecule has 128 valence electrons. The first-order valence-electron chi connectivity index (χ1n) is 8.17. The van der Waals surface area contributed by atoms with Crippen molar-refractivity contribution in [3.8, 4) is 0 Å². The van der Waals surface area contributed by atoms with Gasteiger partial charge in [0.25, 0.3) is 0 Å². The molecule has 0 aliphatic heterocycles. The van der Waals surface area contributed by atoms with Gasteiger partial charge in [0.2, 0.25) is 5.91 Å². The maximum absolute atomic E-state index is 11.7. The number of hydrogen-bond acceptors (Lipinski definition) is 3. The number of imide groups is 1. The van der Waals surface area contributed by atoms with Gasteiger partial charge in [-0.15, -0.1) is 0 Å². The highest BCUT2D eigenvalue weighted by molar-refractivity contribution is 5.95. The number of hydrogen-bond donors (Lipinski definition) is 3. The summed E-state index contributed by atoms with van der Waals surface area (Å²) < 4.78 is 0. The van der Waals surface area contributed by atoms with Crippen LogP contribution in [0.15, 0.2) is 24.3 Å². The monoisotopic (exact) mass is 319 g/mol. The Balaban J connectivity index is 2.67. The van der Waals surface area contributed by atoms with Crippen LogP contribution in [0, 0.1) is 11.8 Å². The maximum atomic E-state index is 11.7. The largest absolute Gasteiger partial charge is 0.341 e. The Morgan fingerprint density at radius 3 is 2.13 bits per heavy atom. The van der Waals surface area contributed by atoms with E-state index >= 15 is 0 Å². The highest BCUT2D eigenvalue weighted by atomic mass is 16.2. The second kappa shape index (κ2) is 9.30. The van der Waals surface area contributed by atoms with Gasteiger partial charge < -0.3 is 10.6 Å². The summed E-state index contributed by atoms with van der Waals surface area (Å²) in [5.41, 5.74) is 2.48. The van der Waals surface area contributed by atoms with Gasteiger partial charge in [-0.25, -0.2) is 4.79 Å². The van der Waals surface area contributed by atoms with Gasteiger partial charge in [0, 0.05) is 13.1 Å². The second-order valence-electron chi connectivity index (χ2n) is 6.57. The van der Waals surface area contributed by atoms with Crippen LogP contribution < -0.4 is 16.0 Å². The van der Waals surface area contributed by atoms with Crippen LogP contribution >= 0.6 is 0 Å². The lowest BCUT2D eigenvalue weighted by Gasteiger charge is -2.23. The van der Waals surface area contributed by atoms with Gasteiger partial charge in [-0.1, -0.05) is 52.0 Å². The van der Waals surface area contributed by atoms with Crippen LogP contribution in [0.25, 0.3) is 0 Å². The summed E-state index contributed by atoms with van der Waals surface area (Å²) in [6, 6.07) is 8.11. The van der Waals surface area contributed by atoms with Crippen LogP contribution in [-0.2, 0) is 11.2 Å². The molecule has 0 saturated carbocycles. The smallest absolute Gasteiger partial charge is 0.321 e. The third-order valence-electron chi connectivity index (χ3n) is 3.61. The summed E-state index contributed by atoms with van der Waals surface area (Å²) in [6.45, 7) is 8.73. The number of rotatable bonds is 7. The fraction of sp³-hybridized carbons (Fsp3) is 0.556. The van der Waals surface area contributed by atoms with Crippen LogP contribution in [0.4, 0.5) is 4.79 Å². The number of nitrogens with one attached hydrogen (secondary N) is 3. The van der Waals surface area contributed by atoms with Crippen molar-refractivity contribution in [3.63, 3.8) is 0 Å². The van der Waals surface area contributed by atoms with E-state index in [0.29, 0.717) is 11.8 Å². The summed E-state index contributed by atoms with van der Waals surface area (Å²) in [5, 5.41) is 7.85. The van der Waals surface area contributed by atoms with Crippen LogP contribution in [-0.4, -0.2) is 25.5 Å². The van der Waals surface area contributed by atoms with Crippen LogP contribution in [0.5, 0.6) is 0 Å². The van der Waals surface area contributed by atoms with Gasteiger partial charge in [0.15, 0.2) is 0 Å².